The SMILES string of the molecule is Cc1cc(-c2c(-c3ccccc3)nc(N)n3cnnc23)cc(C)n1.Cc1cc(-c2c(-c3ccccc3)nc(N)n3cnnc23)ccn1.Nc1nc(-c2ccccc2)c(-c2cc(F)c3ncccc3c2)c2nncn12.Nc1nc(-c2ccccc2)c(-c2cc3c(c(C(F)(F)F)c2)CN=C3)c2nncn12.Nc1nc(-c2ccccc2)c(-c2ccc3c(c2)C=NC3)c2nncn12. The second-order valence-corrected chi connectivity index (χ2v) is 29.7. The summed E-state index contributed by atoms with van der Waals surface area (Å²) in [4.78, 5) is 44.1. The van der Waals surface area contributed by atoms with E-state index in [4.69, 9.17) is 28.7 Å². The van der Waals surface area contributed by atoms with E-state index < -0.39 is 17.6 Å². The van der Waals surface area contributed by atoms with Crippen LogP contribution in [0.3, 0.4) is 0 Å². The second kappa shape index (κ2) is 33.6. The predicted molar refractivity (Wildman–Crippen MR) is 483 cm³/mol. The molecule has 0 atom stereocenters. The summed E-state index contributed by atoms with van der Waals surface area (Å²) in [5.41, 5.74) is 54.5. The Hall–Kier alpha value is -17.7. The quantitative estimate of drug-likeness (QED) is 0.0794. The molecule has 0 radical (unpaired) electrons. The first kappa shape index (κ1) is 80.0. The molecule has 0 fully saturated rings. The summed E-state index contributed by atoms with van der Waals surface area (Å²) >= 11 is 0. The molecule has 15 heterocycles. The molecular weight excluding hydrogens is 1630 g/mol. The van der Waals surface area contributed by atoms with Crippen molar-refractivity contribution < 1.29 is 17.6 Å². The van der Waals surface area contributed by atoms with Gasteiger partial charge in [0.05, 0.1) is 74.9 Å². The van der Waals surface area contributed by atoms with Crippen LogP contribution in [-0.2, 0) is 19.3 Å². The Morgan fingerprint density at radius 3 is 1.06 bits per heavy atom. The van der Waals surface area contributed by atoms with E-state index in [0.29, 0.717) is 102 Å². The van der Waals surface area contributed by atoms with Gasteiger partial charge in [-0.3, -0.25) is 46.9 Å². The summed E-state index contributed by atoms with van der Waals surface area (Å²) < 4.78 is 64.1. The molecule has 13 aromatic heterocycles. The molecular formula is C94H70F4N30. The standard InChI is InChI=1S/C20H13F3N6.C20H13FN6.C19H14N6.C18H16N6.C17H14N6/c21-20(22,23)15-7-12(6-13-8-25-9-14(13)15)16-17(11-4-2-1-3-5-11)27-19(24)29-10-26-28-18(16)29;21-15-10-14(9-13-7-4-8-23-17(13)15)16-18(12-5-2-1-3-6-12)25-20(22)27-11-24-26-19(16)27;20-19-23-17(12-4-2-1-3-5-12)16(18-24-22-11-25(18)19)13-6-7-14-9-21-10-15(14)8-13;1-11-8-14(9-12(2)21-11)15-16(13-6-4-3-5-7-13)22-18(19)24-10-20-23-17(15)24;1-11-9-13(7-8-19-11)14-15(12-5-3-2-4-6-12)21-17(18)23-10-20-22-16(14)23/h1-8,10H,9H2,(H2,24,27);1-11H,(H2,22,25);1-8,10-11H,9H2,(H2,20,23);3-10H,1-2H3,(H2,19,22);2-10H,1H3,(H2,18,21). The zero-order chi connectivity index (χ0) is 87.8. The third-order valence-corrected chi connectivity index (χ3v) is 21.4. The van der Waals surface area contributed by atoms with Crippen LogP contribution >= 0.6 is 0 Å². The average molecular weight is 1700 g/mol. The van der Waals surface area contributed by atoms with Gasteiger partial charge < -0.3 is 28.7 Å². The molecule has 0 aliphatic carbocycles. The number of nitrogens with two attached hydrogens (primary N) is 5. The van der Waals surface area contributed by atoms with Gasteiger partial charge in [-0.15, -0.1) is 51.0 Å². The number of hydrogen-bond acceptors (Lipinski definition) is 25. The number of nitrogens with zero attached hydrogens (tertiary/aromatic N) is 25. The summed E-state index contributed by atoms with van der Waals surface area (Å²) in [7, 11) is 0. The van der Waals surface area contributed by atoms with Crippen LogP contribution < -0.4 is 28.7 Å². The first-order valence-corrected chi connectivity index (χ1v) is 39.9. The molecule has 23 rings (SSSR count). The van der Waals surface area contributed by atoms with Crippen LogP contribution in [-0.4, -0.2) is 125 Å². The van der Waals surface area contributed by atoms with E-state index in [0.717, 1.165) is 108 Å². The van der Waals surface area contributed by atoms with Gasteiger partial charge >= 0.3 is 6.18 Å². The molecule has 30 nitrogen and oxygen atoms in total. The number of aryl methyl sites for hydroxylation is 3. The summed E-state index contributed by atoms with van der Waals surface area (Å²) in [5.74, 6) is 1.09. The highest BCUT2D eigenvalue weighted by molar-refractivity contribution is 5.99. The Morgan fingerprint density at radius 2 is 0.664 bits per heavy atom. The van der Waals surface area contributed by atoms with Gasteiger partial charge in [-0.05, 0) is 132 Å². The van der Waals surface area contributed by atoms with Crippen molar-refractivity contribution >= 4 is 81.3 Å². The zero-order valence-electron chi connectivity index (χ0n) is 68.1. The number of pyridine rings is 3. The third kappa shape index (κ3) is 15.4. The van der Waals surface area contributed by atoms with Gasteiger partial charge in [-0.1, -0.05) is 170 Å². The lowest BCUT2D eigenvalue weighted by Gasteiger charge is -2.17. The normalized spacial score (nSPS) is 11.9. The van der Waals surface area contributed by atoms with Gasteiger partial charge in [0.1, 0.15) is 43.0 Å². The van der Waals surface area contributed by atoms with E-state index in [1.807, 2.05) is 215 Å². The summed E-state index contributed by atoms with van der Waals surface area (Å²) in [6, 6.07) is 72.7. The van der Waals surface area contributed by atoms with Gasteiger partial charge in [-0.2, -0.15) is 13.2 Å². The largest absolute Gasteiger partial charge is 0.416 e. The summed E-state index contributed by atoms with van der Waals surface area (Å²) in [6.07, 6.45) is 9.83. The Bertz CT molecular complexity index is 7850. The van der Waals surface area contributed by atoms with Crippen molar-refractivity contribution in [3.8, 4) is 112 Å². The second-order valence-electron chi connectivity index (χ2n) is 29.7. The third-order valence-electron chi connectivity index (χ3n) is 21.4. The average Bonchev–Trinajstić information content (AvgIpc) is 1.57. The lowest BCUT2D eigenvalue weighted by molar-refractivity contribution is -0.138. The maximum absolute atomic E-state index is 14.7. The lowest BCUT2D eigenvalue weighted by atomic mass is 9.93. The van der Waals surface area contributed by atoms with Crippen LogP contribution in [0.15, 0.2) is 285 Å². The van der Waals surface area contributed by atoms with Crippen LogP contribution in [0.5, 0.6) is 0 Å². The number of aromatic nitrogens is 23. The molecule has 624 valence electrons. The van der Waals surface area contributed by atoms with Gasteiger partial charge in [0.25, 0.3) is 0 Å². The topological polar surface area (TPSA) is 409 Å². The van der Waals surface area contributed by atoms with Gasteiger partial charge in [0.15, 0.2) is 28.2 Å². The molecule has 2 aliphatic heterocycles. The highest BCUT2D eigenvalue weighted by Gasteiger charge is 2.37. The molecule has 0 amide bonds. The molecule has 0 saturated carbocycles. The Morgan fingerprint density at radius 1 is 0.312 bits per heavy atom. The van der Waals surface area contributed by atoms with Crippen molar-refractivity contribution in [1.82, 2.24) is 113 Å². The van der Waals surface area contributed by atoms with Crippen molar-refractivity contribution in [1.29, 1.82) is 0 Å². The van der Waals surface area contributed by atoms with Gasteiger partial charge in [-0.25, -0.2) is 29.3 Å². The number of hydrogen-bond donors (Lipinski definition) is 5. The highest BCUT2D eigenvalue weighted by atomic mass is 19.4. The van der Waals surface area contributed by atoms with Crippen LogP contribution in [0.25, 0.3) is 151 Å². The van der Waals surface area contributed by atoms with Crippen molar-refractivity contribution in [2.24, 2.45) is 9.98 Å². The Labute approximate surface area is 723 Å². The molecule has 10 N–H and O–H groups in total. The fourth-order valence-corrected chi connectivity index (χ4v) is 15.7. The van der Waals surface area contributed by atoms with Crippen LogP contribution in [0.2, 0.25) is 0 Å². The smallest absolute Gasteiger partial charge is 0.369 e. The molecule has 8 aromatic carbocycles. The molecule has 2 aliphatic rings. The highest BCUT2D eigenvalue weighted by Crippen LogP contribution is 2.45. The molecule has 128 heavy (non-hydrogen) atoms. The van der Waals surface area contributed by atoms with E-state index >= 15 is 0 Å². The molecule has 0 bridgehead atoms. The molecule has 34 heteroatoms. The van der Waals surface area contributed by atoms with Crippen LogP contribution in [0.1, 0.15) is 44.9 Å². The van der Waals surface area contributed by atoms with E-state index in [1.165, 1.54) is 34.9 Å². The van der Waals surface area contributed by atoms with Crippen molar-refractivity contribution in [2.45, 2.75) is 40.0 Å². The van der Waals surface area contributed by atoms with Crippen molar-refractivity contribution in [3.63, 3.8) is 0 Å². The number of benzene rings is 8. The van der Waals surface area contributed by atoms with Gasteiger partial charge in [0, 0.05) is 75.1 Å². The number of fused-ring (bicyclic) bond motifs is 8. The summed E-state index contributed by atoms with van der Waals surface area (Å²) in [5, 5.41) is 41.7. The van der Waals surface area contributed by atoms with Crippen LogP contribution in [0, 0.1) is 26.6 Å². The molecule has 0 saturated heterocycles. The fraction of sp³-hybridized carbons (Fsp3) is 0.0638. The van der Waals surface area contributed by atoms with Gasteiger partial charge in [0.2, 0.25) is 29.7 Å². The van der Waals surface area contributed by atoms with E-state index in [1.54, 1.807) is 61.1 Å². The predicted octanol–water partition coefficient (Wildman–Crippen LogP) is 16.5. The Kier molecular flexibility index (Phi) is 21.0. The number of halogens is 4. The van der Waals surface area contributed by atoms with Crippen molar-refractivity contribution in [2.75, 3.05) is 28.7 Å². The Balaban J connectivity index is 0.000000104. The summed E-state index contributed by atoms with van der Waals surface area (Å²) in [6.45, 7) is 6.66. The molecule has 0 unspecified atom stereocenters. The minimum atomic E-state index is -4.51. The zero-order valence-corrected chi connectivity index (χ0v) is 68.1. The lowest BCUT2D eigenvalue weighted by Crippen LogP contribution is -2.11. The number of alkyl halides is 3. The minimum Gasteiger partial charge on any atom is -0.369 e. The fourth-order valence-electron chi connectivity index (χ4n) is 15.7. The number of rotatable bonds is 10. The van der Waals surface area contributed by atoms with E-state index in [9.17, 15) is 17.6 Å². The van der Waals surface area contributed by atoms with E-state index in [-0.39, 0.29) is 24.0 Å². The van der Waals surface area contributed by atoms with E-state index in [2.05, 4.69) is 119 Å². The molecule has 21 aromatic rings. The molecule has 0 spiro atoms. The monoisotopic (exact) mass is 1690 g/mol. The maximum Gasteiger partial charge on any atom is 0.416 e. The first-order valence-electron chi connectivity index (χ1n) is 39.9. The number of aliphatic imine (C=N–C) groups is 2. The number of anilines is 5. The first-order chi connectivity index (χ1) is 62.3. The number of nitrogen functional groups attached to an aromatic ring is 5. The minimum absolute atomic E-state index is 0.0102. The van der Waals surface area contributed by atoms with Crippen LogP contribution in [0.4, 0.5) is 47.3 Å². The van der Waals surface area contributed by atoms with Crippen molar-refractivity contribution in [3.05, 3.63) is 325 Å². The maximum atomic E-state index is 14.7.